The van der Waals surface area contributed by atoms with Crippen molar-refractivity contribution in [2.24, 2.45) is 0 Å². The van der Waals surface area contributed by atoms with E-state index in [4.69, 9.17) is 14.2 Å². The SMILES string of the molecule is CC/C=C\C/C=C\C/C=C\CCCCCCCCC(=O)OCC(COC(=O)CCCCCCC/C=C\C/C=C\CC)OC(=O)CCCC/C=C\C/C=C\C/C=C\CC. The van der Waals surface area contributed by atoms with Crippen molar-refractivity contribution in [2.45, 2.75) is 200 Å². The van der Waals surface area contributed by atoms with Crippen molar-refractivity contribution >= 4 is 17.9 Å². The van der Waals surface area contributed by atoms with Crippen molar-refractivity contribution < 1.29 is 28.6 Å². The lowest BCUT2D eigenvalue weighted by atomic mass is 10.1. The molecular weight excluding hydrogens is 721 g/mol. The molecule has 0 saturated heterocycles. The summed E-state index contributed by atoms with van der Waals surface area (Å²) in [7, 11) is 0. The molecule has 0 aliphatic carbocycles. The number of hydrogen-bond donors (Lipinski definition) is 0. The van der Waals surface area contributed by atoms with Crippen LogP contribution in [0.1, 0.15) is 194 Å². The minimum absolute atomic E-state index is 0.106. The zero-order valence-corrected chi connectivity index (χ0v) is 37.3. The second-order valence-electron chi connectivity index (χ2n) is 14.9. The molecule has 0 aromatic rings. The largest absolute Gasteiger partial charge is 0.462 e. The highest BCUT2D eigenvalue weighted by Gasteiger charge is 2.19. The summed E-state index contributed by atoms with van der Waals surface area (Å²) in [6, 6.07) is 0. The molecule has 0 spiro atoms. The van der Waals surface area contributed by atoms with Crippen LogP contribution in [0.15, 0.2) is 97.2 Å². The maximum Gasteiger partial charge on any atom is 0.306 e. The molecule has 0 aromatic carbocycles. The molecular formula is C52H84O6. The molecule has 0 N–H and O–H groups in total. The average molecular weight is 805 g/mol. The Bertz CT molecular complexity index is 1200. The zero-order chi connectivity index (χ0) is 42.3. The van der Waals surface area contributed by atoms with Gasteiger partial charge in [0.1, 0.15) is 13.2 Å². The second-order valence-corrected chi connectivity index (χ2v) is 14.9. The highest BCUT2D eigenvalue weighted by Crippen LogP contribution is 2.12. The number of unbranched alkanes of at least 4 members (excludes halogenated alkanes) is 13. The zero-order valence-electron chi connectivity index (χ0n) is 37.3. The van der Waals surface area contributed by atoms with Crippen molar-refractivity contribution in [3.63, 3.8) is 0 Å². The molecule has 0 bridgehead atoms. The van der Waals surface area contributed by atoms with Crippen LogP contribution in [-0.2, 0) is 28.6 Å². The molecule has 58 heavy (non-hydrogen) atoms. The number of carbonyl (C=O) groups is 3. The van der Waals surface area contributed by atoms with Crippen LogP contribution in [0.4, 0.5) is 0 Å². The van der Waals surface area contributed by atoms with Crippen molar-refractivity contribution in [3.8, 4) is 0 Å². The molecule has 0 radical (unpaired) electrons. The van der Waals surface area contributed by atoms with E-state index in [1.165, 1.54) is 12.8 Å². The van der Waals surface area contributed by atoms with E-state index in [0.29, 0.717) is 19.3 Å². The van der Waals surface area contributed by atoms with Crippen LogP contribution in [0.2, 0.25) is 0 Å². The number of allylic oxidation sites excluding steroid dienone is 16. The van der Waals surface area contributed by atoms with Crippen molar-refractivity contribution in [2.75, 3.05) is 13.2 Å². The van der Waals surface area contributed by atoms with Gasteiger partial charge in [-0.2, -0.15) is 0 Å². The predicted molar refractivity (Wildman–Crippen MR) is 247 cm³/mol. The number of rotatable bonds is 40. The smallest absolute Gasteiger partial charge is 0.306 e. The van der Waals surface area contributed by atoms with E-state index in [9.17, 15) is 14.4 Å². The summed E-state index contributed by atoms with van der Waals surface area (Å²) in [5, 5.41) is 0. The Kier molecular flexibility index (Phi) is 43.1. The summed E-state index contributed by atoms with van der Waals surface area (Å²) < 4.78 is 16.7. The summed E-state index contributed by atoms with van der Waals surface area (Å²) in [6.45, 7) is 6.22. The van der Waals surface area contributed by atoms with E-state index in [-0.39, 0.29) is 37.5 Å². The topological polar surface area (TPSA) is 78.9 Å². The number of esters is 3. The van der Waals surface area contributed by atoms with Gasteiger partial charge in [0.2, 0.25) is 0 Å². The first kappa shape index (κ1) is 54.3. The molecule has 0 rings (SSSR count). The first-order valence-corrected chi connectivity index (χ1v) is 23.2. The van der Waals surface area contributed by atoms with Gasteiger partial charge in [-0.25, -0.2) is 0 Å². The molecule has 0 fully saturated rings. The molecule has 0 amide bonds. The lowest BCUT2D eigenvalue weighted by Gasteiger charge is -2.18. The number of carbonyl (C=O) groups excluding carboxylic acids is 3. The van der Waals surface area contributed by atoms with Gasteiger partial charge in [-0.05, 0) is 109 Å². The van der Waals surface area contributed by atoms with E-state index < -0.39 is 6.10 Å². The van der Waals surface area contributed by atoms with Gasteiger partial charge < -0.3 is 14.2 Å². The van der Waals surface area contributed by atoms with Gasteiger partial charge in [0.15, 0.2) is 6.10 Å². The van der Waals surface area contributed by atoms with Crippen LogP contribution in [0.3, 0.4) is 0 Å². The van der Waals surface area contributed by atoms with Crippen LogP contribution >= 0.6 is 0 Å². The third-order valence-corrected chi connectivity index (χ3v) is 9.31. The standard InChI is InChI=1S/C52H84O6/c1-4-7-10-13-16-19-22-25-26-27-28-31-33-36-39-42-45-51(54)57-48-49(58-52(55)46-43-40-37-34-30-24-21-18-15-12-9-6-3)47-56-50(53)44-41-38-35-32-29-23-20-17-14-11-8-5-2/h7-12,16-21,25-26,30,34,49H,4-6,13-15,22-24,27-29,31-33,35-48H2,1-3H3/b10-7-,11-8-,12-9-,19-16-,20-17-,21-18-,26-25-,34-30-. The summed E-state index contributed by atoms with van der Waals surface area (Å²) in [5.74, 6) is -0.983. The van der Waals surface area contributed by atoms with Gasteiger partial charge >= 0.3 is 17.9 Å². The normalized spacial score (nSPS) is 12.9. The van der Waals surface area contributed by atoms with E-state index in [1.807, 2.05) is 0 Å². The molecule has 6 heteroatoms. The molecule has 1 unspecified atom stereocenters. The molecule has 0 heterocycles. The molecule has 328 valence electrons. The fourth-order valence-corrected chi connectivity index (χ4v) is 5.92. The highest BCUT2D eigenvalue weighted by atomic mass is 16.6. The van der Waals surface area contributed by atoms with Gasteiger partial charge in [0, 0.05) is 19.3 Å². The van der Waals surface area contributed by atoms with E-state index in [1.54, 1.807) is 0 Å². The van der Waals surface area contributed by atoms with Crippen molar-refractivity contribution in [3.05, 3.63) is 97.2 Å². The molecule has 0 saturated carbocycles. The van der Waals surface area contributed by atoms with Crippen molar-refractivity contribution in [1.29, 1.82) is 0 Å². The minimum atomic E-state index is -0.808. The van der Waals surface area contributed by atoms with Crippen LogP contribution in [0, 0.1) is 0 Å². The van der Waals surface area contributed by atoms with Crippen molar-refractivity contribution in [1.82, 2.24) is 0 Å². The summed E-state index contributed by atoms with van der Waals surface area (Å²) in [5.41, 5.74) is 0. The van der Waals surface area contributed by atoms with E-state index >= 15 is 0 Å². The average Bonchev–Trinajstić information content (AvgIpc) is 3.22. The Morgan fingerprint density at radius 1 is 0.345 bits per heavy atom. The Morgan fingerprint density at radius 2 is 0.621 bits per heavy atom. The lowest BCUT2D eigenvalue weighted by Crippen LogP contribution is -2.30. The van der Waals surface area contributed by atoms with Crippen LogP contribution in [0.25, 0.3) is 0 Å². The first-order valence-electron chi connectivity index (χ1n) is 23.2. The Balaban J connectivity index is 4.47. The number of ether oxygens (including phenoxy) is 3. The van der Waals surface area contributed by atoms with E-state index in [2.05, 4.69) is 118 Å². The van der Waals surface area contributed by atoms with Crippen LogP contribution < -0.4 is 0 Å². The van der Waals surface area contributed by atoms with Crippen LogP contribution in [-0.4, -0.2) is 37.2 Å². The highest BCUT2D eigenvalue weighted by molar-refractivity contribution is 5.71. The third-order valence-electron chi connectivity index (χ3n) is 9.31. The quantitative estimate of drug-likeness (QED) is 0.0266. The maximum absolute atomic E-state index is 12.7. The van der Waals surface area contributed by atoms with Gasteiger partial charge in [-0.3, -0.25) is 14.4 Å². The Hall–Kier alpha value is -3.67. The van der Waals surface area contributed by atoms with Gasteiger partial charge in [-0.15, -0.1) is 0 Å². The predicted octanol–water partition coefficient (Wildman–Crippen LogP) is 15.0. The maximum atomic E-state index is 12.7. The lowest BCUT2D eigenvalue weighted by molar-refractivity contribution is -0.167. The summed E-state index contributed by atoms with van der Waals surface area (Å²) >= 11 is 0. The monoisotopic (exact) mass is 805 g/mol. The Morgan fingerprint density at radius 3 is 1.00 bits per heavy atom. The third kappa shape index (κ3) is 43.5. The molecule has 0 aliphatic heterocycles. The summed E-state index contributed by atoms with van der Waals surface area (Å²) in [4.78, 5) is 37.8. The van der Waals surface area contributed by atoms with Gasteiger partial charge in [-0.1, -0.05) is 163 Å². The molecule has 6 nitrogen and oxygen atoms in total. The fraction of sp³-hybridized carbons (Fsp3) is 0.635. The summed E-state index contributed by atoms with van der Waals surface area (Å²) in [6.07, 6.45) is 59.7. The molecule has 1 atom stereocenters. The number of hydrogen-bond acceptors (Lipinski definition) is 6. The molecule has 0 aliphatic rings. The molecule has 0 aromatic heterocycles. The Labute approximate surface area is 356 Å². The fourth-order valence-electron chi connectivity index (χ4n) is 5.92. The minimum Gasteiger partial charge on any atom is -0.462 e. The van der Waals surface area contributed by atoms with E-state index in [0.717, 1.165) is 135 Å². The first-order chi connectivity index (χ1) is 28.5. The van der Waals surface area contributed by atoms with Crippen LogP contribution in [0.5, 0.6) is 0 Å². The second kappa shape index (κ2) is 46.0. The van der Waals surface area contributed by atoms with Gasteiger partial charge in [0.25, 0.3) is 0 Å². The van der Waals surface area contributed by atoms with Gasteiger partial charge in [0.05, 0.1) is 0 Å².